The minimum absolute atomic E-state index is 0.646. The van der Waals surface area contributed by atoms with Crippen LogP contribution in [0.15, 0.2) is 23.0 Å². The zero-order chi connectivity index (χ0) is 12.5. The first kappa shape index (κ1) is 11.6. The van der Waals surface area contributed by atoms with Crippen LogP contribution in [0.3, 0.4) is 0 Å². The zero-order valence-electron chi connectivity index (χ0n) is 10.5. The summed E-state index contributed by atoms with van der Waals surface area (Å²) < 4.78 is 7.13. The van der Waals surface area contributed by atoms with E-state index >= 15 is 0 Å². The number of rotatable bonds is 2. The molecule has 3 heterocycles. The van der Waals surface area contributed by atoms with Gasteiger partial charge >= 0.3 is 0 Å². The first-order valence-corrected chi connectivity index (χ1v) is 7.09. The van der Waals surface area contributed by atoms with E-state index in [1.807, 2.05) is 29.4 Å². The van der Waals surface area contributed by atoms with Crippen LogP contribution in [-0.4, -0.2) is 38.9 Å². The summed E-state index contributed by atoms with van der Waals surface area (Å²) in [5.41, 5.74) is 0.968. The van der Waals surface area contributed by atoms with Gasteiger partial charge in [-0.2, -0.15) is 11.8 Å². The maximum atomic E-state index is 5.10. The monoisotopic (exact) mass is 264 g/mol. The minimum atomic E-state index is 0.646. The van der Waals surface area contributed by atoms with Crippen molar-refractivity contribution in [2.75, 3.05) is 23.7 Å². The molecule has 0 radical (unpaired) electrons. The van der Waals surface area contributed by atoms with E-state index in [-0.39, 0.29) is 0 Å². The summed E-state index contributed by atoms with van der Waals surface area (Å²) in [4.78, 5) is 2.30. The van der Waals surface area contributed by atoms with E-state index in [9.17, 15) is 0 Å². The molecule has 6 heteroatoms. The number of hydrogen-bond acceptors (Lipinski definition) is 5. The summed E-state index contributed by atoms with van der Waals surface area (Å²) in [7, 11) is 2.00. The van der Waals surface area contributed by atoms with Crippen LogP contribution in [0.2, 0.25) is 0 Å². The molecule has 0 spiro atoms. The van der Waals surface area contributed by atoms with Crippen LogP contribution in [-0.2, 0) is 7.05 Å². The molecule has 0 N–H and O–H groups in total. The number of anilines is 1. The van der Waals surface area contributed by atoms with E-state index in [0.29, 0.717) is 5.25 Å². The number of thioether (sulfide) groups is 1. The second-order valence-corrected chi connectivity index (χ2v) is 6.07. The van der Waals surface area contributed by atoms with Gasteiger partial charge in [0.15, 0.2) is 5.82 Å². The van der Waals surface area contributed by atoms with E-state index < -0.39 is 0 Å². The molecule has 96 valence electrons. The number of aromatic nitrogens is 3. The van der Waals surface area contributed by atoms with Gasteiger partial charge in [-0.3, -0.25) is 4.57 Å². The first-order valence-electron chi connectivity index (χ1n) is 6.04. The molecule has 0 aliphatic carbocycles. The van der Waals surface area contributed by atoms with E-state index in [1.54, 1.807) is 12.5 Å². The zero-order valence-corrected chi connectivity index (χ0v) is 11.4. The highest BCUT2D eigenvalue weighted by atomic mass is 32.2. The number of nitrogens with zero attached hydrogens (tertiary/aromatic N) is 4. The smallest absolute Gasteiger partial charge is 0.227 e. The highest BCUT2D eigenvalue weighted by Gasteiger charge is 2.22. The molecule has 1 aliphatic rings. The molecule has 0 bridgehead atoms. The molecular weight excluding hydrogens is 248 g/mol. The largest absolute Gasteiger partial charge is 0.472 e. The summed E-state index contributed by atoms with van der Waals surface area (Å²) in [6, 6.07) is 1.91. The molecule has 0 aromatic carbocycles. The second-order valence-electron chi connectivity index (χ2n) is 4.52. The summed E-state index contributed by atoms with van der Waals surface area (Å²) in [5.74, 6) is 2.94. The first-order chi connectivity index (χ1) is 8.75. The quantitative estimate of drug-likeness (QED) is 0.830. The van der Waals surface area contributed by atoms with E-state index in [4.69, 9.17) is 4.42 Å². The van der Waals surface area contributed by atoms with Crippen LogP contribution in [0, 0.1) is 0 Å². The van der Waals surface area contributed by atoms with Crippen molar-refractivity contribution < 1.29 is 4.42 Å². The van der Waals surface area contributed by atoms with Crippen molar-refractivity contribution in [3.05, 3.63) is 18.6 Å². The molecule has 1 unspecified atom stereocenters. The van der Waals surface area contributed by atoms with Gasteiger partial charge in [0.05, 0.1) is 11.8 Å². The van der Waals surface area contributed by atoms with Crippen LogP contribution < -0.4 is 4.90 Å². The Kier molecular flexibility index (Phi) is 3.03. The molecule has 1 aliphatic heterocycles. The lowest BCUT2D eigenvalue weighted by molar-refractivity contribution is 0.567. The lowest BCUT2D eigenvalue weighted by atomic mass is 10.3. The van der Waals surface area contributed by atoms with E-state index in [1.165, 1.54) is 0 Å². The van der Waals surface area contributed by atoms with Crippen LogP contribution in [0.5, 0.6) is 0 Å². The summed E-state index contributed by atoms with van der Waals surface area (Å²) in [6.45, 7) is 4.32. The average Bonchev–Trinajstić information content (AvgIpc) is 2.97. The van der Waals surface area contributed by atoms with Crippen molar-refractivity contribution in [2.45, 2.75) is 12.2 Å². The van der Waals surface area contributed by atoms with Gasteiger partial charge in [-0.1, -0.05) is 6.92 Å². The average molecular weight is 264 g/mol. The molecule has 1 fully saturated rings. The van der Waals surface area contributed by atoms with Crippen molar-refractivity contribution >= 4 is 17.7 Å². The lowest BCUT2D eigenvalue weighted by Crippen LogP contribution is -2.38. The van der Waals surface area contributed by atoms with E-state index in [2.05, 4.69) is 22.0 Å². The summed E-state index contributed by atoms with van der Waals surface area (Å²) >= 11 is 2.01. The highest BCUT2D eigenvalue weighted by Crippen LogP contribution is 2.25. The maximum absolute atomic E-state index is 5.10. The summed E-state index contributed by atoms with van der Waals surface area (Å²) in [6.07, 6.45) is 3.35. The Morgan fingerprint density at radius 2 is 2.33 bits per heavy atom. The standard InChI is InChI=1S/C12H16N4OS/c1-9-7-16(4-6-18-9)12-14-13-11(15(12)2)10-3-5-17-8-10/h3,5,8-9H,4,6-7H2,1-2H3. The van der Waals surface area contributed by atoms with Crippen LogP contribution in [0.25, 0.3) is 11.4 Å². The third kappa shape index (κ3) is 2.01. The Hall–Kier alpha value is -1.43. The fourth-order valence-electron chi connectivity index (χ4n) is 2.24. The fourth-order valence-corrected chi connectivity index (χ4v) is 3.25. The topological polar surface area (TPSA) is 47.1 Å². The van der Waals surface area contributed by atoms with Crippen molar-refractivity contribution in [1.29, 1.82) is 0 Å². The maximum Gasteiger partial charge on any atom is 0.227 e. The number of furan rings is 1. The normalized spacial score (nSPS) is 20.3. The molecule has 0 saturated carbocycles. The van der Waals surface area contributed by atoms with Gasteiger partial charge in [-0.05, 0) is 6.07 Å². The third-order valence-electron chi connectivity index (χ3n) is 3.16. The molecule has 0 amide bonds. The predicted octanol–water partition coefficient (Wildman–Crippen LogP) is 2.02. The van der Waals surface area contributed by atoms with Crippen LogP contribution in [0.1, 0.15) is 6.92 Å². The predicted molar refractivity (Wildman–Crippen MR) is 72.8 cm³/mol. The van der Waals surface area contributed by atoms with Gasteiger partial charge in [0.2, 0.25) is 5.95 Å². The SMILES string of the molecule is CC1CN(c2nnc(-c3ccoc3)n2C)CCS1. The molecule has 2 aromatic heterocycles. The van der Waals surface area contributed by atoms with Gasteiger partial charge in [0, 0.05) is 31.1 Å². The Balaban J connectivity index is 1.90. The molecule has 1 saturated heterocycles. The van der Waals surface area contributed by atoms with Crippen molar-refractivity contribution in [2.24, 2.45) is 7.05 Å². The molecule has 1 atom stereocenters. The molecular formula is C12H16N4OS. The van der Waals surface area contributed by atoms with Crippen molar-refractivity contribution in [3.63, 3.8) is 0 Å². The molecule has 2 aromatic rings. The fraction of sp³-hybridized carbons (Fsp3) is 0.500. The molecule has 3 rings (SSSR count). The van der Waals surface area contributed by atoms with Gasteiger partial charge in [-0.25, -0.2) is 0 Å². The Bertz CT molecular complexity index is 522. The second kappa shape index (κ2) is 4.68. The van der Waals surface area contributed by atoms with Gasteiger partial charge < -0.3 is 9.32 Å². The minimum Gasteiger partial charge on any atom is -0.472 e. The Morgan fingerprint density at radius 1 is 1.44 bits per heavy atom. The van der Waals surface area contributed by atoms with Crippen LogP contribution in [0.4, 0.5) is 5.95 Å². The van der Waals surface area contributed by atoms with Crippen LogP contribution >= 0.6 is 11.8 Å². The van der Waals surface area contributed by atoms with Crippen molar-refractivity contribution in [3.8, 4) is 11.4 Å². The Labute approximate surface area is 110 Å². The third-order valence-corrected chi connectivity index (χ3v) is 4.29. The van der Waals surface area contributed by atoms with Gasteiger partial charge in [0.1, 0.15) is 6.26 Å². The Morgan fingerprint density at radius 3 is 3.06 bits per heavy atom. The highest BCUT2D eigenvalue weighted by molar-refractivity contribution is 8.00. The molecule has 18 heavy (non-hydrogen) atoms. The lowest BCUT2D eigenvalue weighted by Gasteiger charge is -2.30. The van der Waals surface area contributed by atoms with E-state index in [0.717, 1.165) is 36.2 Å². The van der Waals surface area contributed by atoms with Gasteiger partial charge in [-0.15, -0.1) is 10.2 Å². The number of hydrogen-bond donors (Lipinski definition) is 0. The van der Waals surface area contributed by atoms with Gasteiger partial charge in [0.25, 0.3) is 0 Å². The summed E-state index contributed by atoms with van der Waals surface area (Å²) in [5, 5.41) is 9.23. The van der Waals surface area contributed by atoms with Crippen molar-refractivity contribution in [1.82, 2.24) is 14.8 Å². The molecule has 5 nitrogen and oxygen atoms in total.